The smallest absolute Gasteiger partial charge is 0.267 e. The molecule has 0 saturated heterocycles. The summed E-state index contributed by atoms with van der Waals surface area (Å²) >= 11 is 8.96. The molecule has 0 fully saturated rings. The van der Waals surface area contributed by atoms with Crippen LogP contribution < -0.4 is 5.43 Å². The van der Waals surface area contributed by atoms with Crippen LogP contribution in [0.5, 0.6) is 0 Å². The molecule has 0 aromatic carbocycles. The van der Waals surface area contributed by atoms with E-state index in [9.17, 15) is 4.79 Å². The van der Waals surface area contributed by atoms with E-state index in [1.165, 1.54) is 21.8 Å². The summed E-state index contributed by atoms with van der Waals surface area (Å²) in [6, 6.07) is 3.68. The van der Waals surface area contributed by atoms with Crippen molar-refractivity contribution in [2.24, 2.45) is 11.0 Å². The lowest BCUT2D eigenvalue weighted by Crippen LogP contribution is -2.20. The Bertz CT molecular complexity index is 690. The standard InChI is InChI=1S/C15H15ClN2OS2/c1-9-2-4-11-12(8-20-13(11)6-9)15(19)18-17-7-10-3-5-14(16)21-10/h3,5,7-9H,2,4,6H2,1H3,(H,18,19). The fourth-order valence-electron chi connectivity index (χ4n) is 2.48. The molecule has 3 rings (SSSR count). The second kappa shape index (κ2) is 6.30. The van der Waals surface area contributed by atoms with E-state index < -0.39 is 0 Å². The van der Waals surface area contributed by atoms with Crippen molar-refractivity contribution < 1.29 is 4.79 Å². The predicted molar refractivity (Wildman–Crippen MR) is 89.9 cm³/mol. The van der Waals surface area contributed by atoms with E-state index in [0.29, 0.717) is 10.3 Å². The third-order valence-corrected chi connectivity index (χ3v) is 5.82. The number of thiophene rings is 2. The number of carbonyl (C=O) groups is 1. The summed E-state index contributed by atoms with van der Waals surface area (Å²) in [7, 11) is 0. The van der Waals surface area contributed by atoms with Gasteiger partial charge in [-0.2, -0.15) is 5.10 Å². The molecule has 2 aromatic rings. The molecule has 2 aromatic heterocycles. The van der Waals surface area contributed by atoms with Gasteiger partial charge in [0.1, 0.15) is 0 Å². The average Bonchev–Trinajstić information content (AvgIpc) is 3.04. The van der Waals surface area contributed by atoms with E-state index in [4.69, 9.17) is 11.6 Å². The molecule has 6 heteroatoms. The fourth-order valence-corrected chi connectivity index (χ4v) is 4.66. The van der Waals surface area contributed by atoms with Crippen molar-refractivity contribution in [3.63, 3.8) is 0 Å². The van der Waals surface area contributed by atoms with Crippen molar-refractivity contribution in [2.75, 3.05) is 0 Å². The molecule has 0 radical (unpaired) electrons. The number of rotatable bonds is 3. The van der Waals surface area contributed by atoms with Crippen molar-refractivity contribution in [3.05, 3.63) is 42.7 Å². The first-order chi connectivity index (χ1) is 10.1. The first-order valence-corrected chi connectivity index (χ1v) is 8.89. The zero-order valence-electron chi connectivity index (χ0n) is 11.6. The van der Waals surface area contributed by atoms with Crippen LogP contribution in [0.1, 0.15) is 39.0 Å². The second-order valence-corrected chi connectivity index (χ2v) is 7.95. The van der Waals surface area contributed by atoms with Gasteiger partial charge in [0.2, 0.25) is 0 Å². The lowest BCUT2D eigenvalue weighted by Gasteiger charge is -2.18. The van der Waals surface area contributed by atoms with Gasteiger partial charge in [0.15, 0.2) is 0 Å². The van der Waals surface area contributed by atoms with Crippen LogP contribution in [-0.4, -0.2) is 12.1 Å². The zero-order valence-corrected chi connectivity index (χ0v) is 13.9. The molecule has 3 nitrogen and oxygen atoms in total. The normalized spacial score (nSPS) is 17.9. The molecule has 0 saturated carbocycles. The summed E-state index contributed by atoms with van der Waals surface area (Å²) in [6.45, 7) is 2.26. The molecule has 1 N–H and O–H groups in total. The molecule has 1 unspecified atom stereocenters. The van der Waals surface area contributed by atoms with Crippen LogP contribution in [0, 0.1) is 5.92 Å². The van der Waals surface area contributed by atoms with Gasteiger partial charge in [-0.3, -0.25) is 4.79 Å². The topological polar surface area (TPSA) is 41.5 Å². The van der Waals surface area contributed by atoms with Gasteiger partial charge in [-0.15, -0.1) is 22.7 Å². The van der Waals surface area contributed by atoms with E-state index in [2.05, 4.69) is 17.5 Å². The van der Waals surface area contributed by atoms with Gasteiger partial charge in [-0.25, -0.2) is 5.43 Å². The number of amides is 1. The Hall–Kier alpha value is -1.17. The summed E-state index contributed by atoms with van der Waals surface area (Å²) in [4.78, 5) is 14.5. The van der Waals surface area contributed by atoms with Gasteiger partial charge in [0.25, 0.3) is 5.91 Å². The highest BCUT2D eigenvalue weighted by molar-refractivity contribution is 7.17. The van der Waals surface area contributed by atoms with E-state index in [-0.39, 0.29) is 5.91 Å². The average molecular weight is 339 g/mol. The molecule has 2 heterocycles. The maximum Gasteiger partial charge on any atom is 0.272 e. The molecule has 0 bridgehead atoms. The minimum Gasteiger partial charge on any atom is -0.267 e. The minimum absolute atomic E-state index is 0.124. The molecule has 21 heavy (non-hydrogen) atoms. The molecular formula is C15H15ClN2OS2. The summed E-state index contributed by atoms with van der Waals surface area (Å²) < 4.78 is 0.712. The Morgan fingerprint density at radius 1 is 1.52 bits per heavy atom. The first kappa shape index (κ1) is 14.8. The highest BCUT2D eigenvalue weighted by Crippen LogP contribution is 2.32. The highest BCUT2D eigenvalue weighted by atomic mass is 35.5. The summed E-state index contributed by atoms with van der Waals surface area (Å²) in [5.41, 5.74) is 4.60. The molecule has 1 amide bonds. The summed E-state index contributed by atoms with van der Waals surface area (Å²) in [5, 5.41) is 5.96. The minimum atomic E-state index is -0.124. The number of nitrogens with one attached hydrogen (secondary N) is 1. The quantitative estimate of drug-likeness (QED) is 0.656. The van der Waals surface area contributed by atoms with Crippen LogP contribution in [0.4, 0.5) is 0 Å². The van der Waals surface area contributed by atoms with E-state index in [1.807, 2.05) is 17.5 Å². The van der Waals surface area contributed by atoms with Crippen LogP contribution in [0.15, 0.2) is 22.6 Å². The van der Waals surface area contributed by atoms with Gasteiger partial charge in [0.05, 0.1) is 16.1 Å². The Morgan fingerprint density at radius 3 is 3.14 bits per heavy atom. The Kier molecular flexibility index (Phi) is 4.42. The predicted octanol–water partition coefficient (Wildman–Crippen LogP) is 4.35. The summed E-state index contributed by atoms with van der Waals surface area (Å²) in [6.07, 6.45) is 4.85. The Balaban J connectivity index is 1.67. The first-order valence-electron chi connectivity index (χ1n) is 6.81. The number of halogens is 1. The number of fused-ring (bicyclic) bond motifs is 1. The monoisotopic (exact) mass is 338 g/mol. The van der Waals surface area contributed by atoms with Crippen molar-refractivity contribution in [2.45, 2.75) is 26.2 Å². The van der Waals surface area contributed by atoms with Crippen molar-refractivity contribution in [1.29, 1.82) is 0 Å². The lowest BCUT2D eigenvalue weighted by molar-refractivity contribution is 0.0954. The van der Waals surface area contributed by atoms with E-state index >= 15 is 0 Å². The molecule has 0 aliphatic heterocycles. The Morgan fingerprint density at radius 2 is 2.38 bits per heavy atom. The van der Waals surface area contributed by atoms with Crippen LogP contribution in [-0.2, 0) is 12.8 Å². The molecule has 1 aliphatic rings. The number of hydrazone groups is 1. The lowest BCUT2D eigenvalue weighted by atomic mass is 9.88. The SMILES string of the molecule is CC1CCc2c(C(=O)NN=Cc3ccc(Cl)s3)csc2C1. The molecule has 110 valence electrons. The fraction of sp³-hybridized carbons (Fsp3) is 0.333. The summed E-state index contributed by atoms with van der Waals surface area (Å²) in [5.74, 6) is 0.592. The van der Waals surface area contributed by atoms with Crippen molar-refractivity contribution in [1.82, 2.24) is 5.43 Å². The van der Waals surface area contributed by atoms with E-state index in [1.54, 1.807) is 17.6 Å². The molecule has 1 atom stereocenters. The van der Waals surface area contributed by atoms with Crippen LogP contribution in [0.2, 0.25) is 4.34 Å². The third kappa shape index (κ3) is 3.36. The number of nitrogens with zero attached hydrogens (tertiary/aromatic N) is 1. The number of carbonyl (C=O) groups excluding carboxylic acids is 1. The van der Waals surface area contributed by atoms with Crippen LogP contribution in [0.3, 0.4) is 0 Å². The third-order valence-electron chi connectivity index (χ3n) is 3.60. The van der Waals surface area contributed by atoms with Gasteiger partial charge in [0, 0.05) is 15.1 Å². The number of hydrogen-bond acceptors (Lipinski definition) is 4. The molecule has 1 aliphatic carbocycles. The second-order valence-electron chi connectivity index (χ2n) is 5.24. The maximum atomic E-state index is 12.2. The van der Waals surface area contributed by atoms with E-state index in [0.717, 1.165) is 29.7 Å². The zero-order chi connectivity index (χ0) is 14.8. The molecular weight excluding hydrogens is 324 g/mol. The van der Waals surface area contributed by atoms with Gasteiger partial charge in [-0.05, 0) is 42.9 Å². The number of hydrogen-bond donors (Lipinski definition) is 1. The Labute approximate surface area is 136 Å². The van der Waals surface area contributed by atoms with Gasteiger partial charge >= 0.3 is 0 Å². The highest BCUT2D eigenvalue weighted by Gasteiger charge is 2.22. The van der Waals surface area contributed by atoms with Gasteiger partial charge in [-0.1, -0.05) is 18.5 Å². The maximum absolute atomic E-state index is 12.2. The largest absolute Gasteiger partial charge is 0.272 e. The van der Waals surface area contributed by atoms with Crippen molar-refractivity contribution >= 4 is 46.4 Å². The van der Waals surface area contributed by atoms with Gasteiger partial charge < -0.3 is 0 Å². The molecule has 0 spiro atoms. The van der Waals surface area contributed by atoms with Crippen molar-refractivity contribution in [3.8, 4) is 0 Å². The van der Waals surface area contributed by atoms with Crippen LogP contribution in [0.25, 0.3) is 0 Å². The van der Waals surface area contributed by atoms with Crippen LogP contribution >= 0.6 is 34.3 Å².